The molecule has 0 unspecified atom stereocenters. The van der Waals surface area contributed by atoms with Crippen LogP contribution in [0.2, 0.25) is 0 Å². The molecule has 0 aliphatic heterocycles. The van der Waals surface area contributed by atoms with Gasteiger partial charge in [0, 0.05) is 48.6 Å². The number of rotatable bonds is 3. The fourth-order valence-corrected chi connectivity index (χ4v) is 3.49. The van der Waals surface area contributed by atoms with Crippen molar-refractivity contribution in [3.8, 4) is 17.2 Å². The average Bonchev–Trinajstić information content (AvgIpc) is 3.10. The number of fused-ring (bicyclic) bond motifs is 1. The summed E-state index contributed by atoms with van der Waals surface area (Å²) in [5.74, 6) is -0.561. The molecule has 0 bridgehead atoms. The summed E-state index contributed by atoms with van der Waals surface area (Å²) >= 11 is 0. The van der Waals surface area contributed by atoms with Gasteiger partial charge in [-0.15, -0.1) is 0 Å². The van der Waals surface area contributed by atoms with Gasteiger partial charge in [0.05, 0.1) is 28.7 Å². The lowest BCUT2D eigenvalue weighted by molar-refractivity contribution is 0.624. The predicted molar refractivity (Wildman–Crippen MR) is 113 cm³/mol. The number of nitriles is 1. The second kappa shape index (κ2) is 7.21. The van der Waals surface area contributed by atoms with Gasteiger partial charge < -0.3 is 15.3 Å². The molecule has 2 aromatic heterocycles. The molecule has 29 heavy (non-hydrogen) atoms. The molecule has 0 radical (unpaired) electrons. The highest BCUT2D eigenvalue weighted by atomic mass is 19.1. The molecule has 4 rings (SSSR count). The second-order valence-corrected chi connectivity index (χ2v) is 6.75. The molecule has 5 nitrogen and oxygen atoms in total. The van der Waals surface area contributed by atoms with Crippen LogP contribution in [0, 0.1) is 22.6 Å². The first-order valence-corrected chi connectivity index (χ1v) is 9.04. The van der Waals surface area contributed by atoms with E-state index in [1.54, 1.807) is 31.6 Å². The molecule has 3 aromatic rings. The van der Waals surface area contributed by atoms with E-state index >= 15 is 0 Å². The fraction of sp³-hybridized carbons (Fsp3) is 0.0870. The average molecular weight is 383 g/mol. The molecular weight excluding hydrogens is 365 g/mol. The first-order valence-electron chi connectivity index (χ1n) is 9.04. The highest BCUT2D eigenvalue weighted by Crippen LogP contribution is 2.37. The normalized spacial score (nSPS) is 14.9. The first-order chi connectivity index (χ1) is 14.0. The van der Waals surface area contributed by atoms with Gasteiger partial charge in [-0.2, -0.15) is 5.26 Å². The molecule has 0 spiro atoms. The third-order valence-electron chi connectivity index (χ3n) is 4.95. The number of benzene rings is 1. The highest BCUT2D eigenvalue weighted by Gasteiger charge is 2.19. The Morgan fingerprint density at radius 2 is 2.10 bits per heavy atom. The number of nitrogens with zero attached hydrogens (tertiary/aromatic N) is 3. The zero-order valence-corrected chi connectivity index (χ0v) is 16.0. The Balaban J connectivity index is 2.00. The summed E-state index contributed by atoms with van der Waals surface area (Å²) in [5, 5.41) is 21.0. The van der Waals surface area contributed by atoms with Crippen LogP contribution in [-0.4, -0.2) is 22.3 Å². The number of halogens is 1. The van der Waals surface area contributed by atoms with Crippen LogP contribution in [-0.2, 0) is 7.05 Å². The lowest BCUT2D eigenvalue weighted by Crippen LogP contribution is -2.06. The number of nitrogens with one attached hydrogen (secondary N) is 2. The van der Waals surface area contributed by atoms with E-state index in [1.807, 2.05) is 42.1 Å². The number of pyridine rings is 1. The molecule has 6 heteroatoms. The van der Waals surface area contributed by atoms with Crippen molar-refractivity contribution < 1.29 is 4.39 Å². The van der Waals surface area contributed by atoms with Gasteiger partial charge in [-0.3, -0.25) is 4.98 Å². The number of aryl methyl sites for hydroxylation is 1. The third kappa shape index (κ3) is 3.13. The van der Waals surface area contributed by atoms with Crippen molar-refractivity contribution >= 4 is 22.2 Å². The van der Waals surface area contributed by atoms with Crippen molar-refractivity contribution in [2.75, 3.05) is 7.05 Å². The quantitative estimate of drug-likeness (QED) is 0.707. The number of allylic oxidation sites excluding steroid dienone is 5. The van der Waals surface area contributed by atoms with Gasteiger partial charge >= 0.3 is 0 Å². The van der Waals surface area contributed by atoms with Gasteiger partial charge in [-0.05, 0) is 35.9 Å². The van der Waals surface area contributed by atoms with E-state index in [0.717, 1.165) is 27.6 Å². The Kier molecular flexibility index (Phi) is 4.57. The Morgan fingerprint density at radius 1 is 1.28 bits per heavy atom. The standard InChI is InChI=1S/C23H18FN5/c1-27-12-17-9-15(5-6-20(17)26)23-22(14-3-4-16(11-25)19(24)10-14)18-7-8-29(2)21(18)13-28-23/h3-10,12-13,26-27H,1-2H3/b17-12-,26-20?. The predicted octanol–water partition coefficient (Wildman–Crippen LogP) is 4.33. The largest absolute Gasteiger partial charge is 0.393 e. The topological polar surface area (TPSA) is 77.5 Å². The summed E-state index contributed by atoms with van der Waals surface area (Å²) < 4.78 is 16.4. The lowest BCUT2D eigenvalue weighted by Gasteiger charge is -2.16. The summed E-state index contributed by atoms with van der Waals surface area (Å²) in [6, 6.07) is 8.45. The Hall–Kier alpha value is -3.98. The number of aromatic nitrogens is 2. The van der Waals surface area contributed by atoms with E-state index in [2.05, 4.69) is 10.3 Å². The minimum atomic E-state index is -0.561. The molecule has 0 saturated carbocycles. The van der Waals surface area contributed by atoms with Crippen molar-refractivity contribution in [2.24, 2.45) is 7.05 Å². The molecule has 0 saturated heterocycles. The highest BCUT2D eigenvalue weighted by molar-refractivity contribution is 6.14. The zero-order valence-electron chi connectivity index (χ0n) is 16.0. The van der Waals surface area contributed by atoms with Crippen molar-refractivity contribution in [1.29, 1.82) is 10.7 Å². The summed E-state index contributed by atoms with van der Waals surface area (Å²) in [6.45, 7) is 0. The first kappa shape index (κ1) is 18.4. The van der Waals surface area contributed by atoms with Crippen LogP contribution in [0.3, 0.4) is 0 Å². The minimum Gasteiger partial charge on any atom is -0.393 e. The monoisotopic (exact) mass is 383 g/mol. The van der Waals surface area contributed by atoms with E-state index in [9.17, 15) is 4.39 Å². The van der Waals surface area contributed by atoms with E-state index in [1.165, 1.54) is 12.1 Å². The van der Waals surface area contributed by atoms with E-state index < -0.39 is 5.82 Å². The van der Waals surface area contributed by atoms with Crippen molar-refractivity contribution in [3.05, 3.63) is 83.7 Å². The zero-order chi connectivity index (χ0) is 20.5. The second-order valence-electron chi connectivity index (χ2n) is 6.75. The molecule has 0 fully saturated rings. The minimum absolute atomic E-state index is 0.00737. The van der Waals surface area contributed by atoms with Crippen LogP contribution in [0.1, 0.15) is 11.3 Å². The molecule has 1 aliphatic rings. The SMILES string of the molecule is CN/C=C1/C=C(c2ncc3c(ccn3C)c2-c2ccc(C#N)c(F)c2)C=CC1=N. The van der Waals surface area contributed by atoms with Gasteiger partial charge in [0.25, 0.3) is 0 Å². The van der Waals surface area contributed by atoms with Gasteiger partial charge in [0.15, 0.2) is 0 Å². The molecule has 1 aliphatic carbocycles. The smallest absolute Gasteiger partial charge is 0.141 e. The Morgan fingerprint density at radius 3 is 2.83 bits per heavy atom. The van der Waals surface area contributed by atoms with Crippen LogP contribution in [0.25, 0.3) is 27.6 Å². The Labute approximate surface area is 167 Å². The molecule has 1 aromatic carbocycles. The fourth-order valence-electron chi connectivity index (χ4n) is 3.49. The maximum Gasteiger partial charge on any atom is 0.141 e. The maximum absolute atomic E-state index is 14.4. The molecule has 2 heterocycles. The van der Waals surface area contributed by atoms with Gasteiger partial charge in [-0.25, -0.2) is 4.39 Å². The maximum atomic E-state index is 14.4. The molecule has 142 valence electrons. The van der Waals surface area contributed by atoms with Crippen molar-refractivity contribution in [3.63, 3.8) is 0 Å². The summed E-state index contributed by atoms with van der Waals surface area (Å²) in [7, 11) is 3.72. The third-order valence-corrected chi connectivity index (χ3v) is 4.95. The van der Waals surface area contributed by atoms with E-state index in [4.69, 9.17) is 10.7 Å². The van der Waals surface area contributed by atoms with Gasteiger partial charge in [0.1, 0.15) is 11.9 Å². The summed E-state index contributed by atoms with van der Waals surface area (Å²) in [6.07, 6.45) is 10.9. The number of hydrogen-bond donors (Lipinski definition) is 2. The van der Waals surface area contributed by atoms with Crippen LogP contribution < -0.4 is 5.32 Å². The molecule has 0 amide bonds. The van der Waals surface area contributed by atoms with Gasteiger partial charge in [0.2, 0.25) is 0 Å². The molecular formula is C23H18FN5. The number of hydrogen-bond acceptors (Lipinski definition) is 4. The lowest BCUT2D eigenvalue weighted by atomic mass is 9.91. The molecule has 2 N–H and O–H groups in total. The van der Waals surface area contributed by atoms with Crippen LogP contribution in [0.5, 0.6) is 0 Å². The summed E-state index contributed by atoms with van der Waals surface area (Å²) in [4.78, 5) is 4.69. The Bertz CT molecular complexity index is 1280. The van der Waals surface area contributed by atoms with Crippen LogP contribution in [0.4, 0.5) is 4.39 Å². The van der Waals surface area contributed by atoms with Crippen molar-refractivity contribution in [2.45, 2.75) is 0 Å². The van der Waals surface area contributed by atoms with Crippen molar-refractivity contribution in [1.82, 2.24) is 14.9 Å². The van der Waals surface area contributed by atoms with Gasteiger partial charge in [-0.1, -0.05) is 12.1 Å². The van der Waals surface area contributed by atoms with E-state index in [0.29, 0.717) is 17.0 Å². The molecule has 0 atom stereocenters. The van der Waals surface area contributed by atoms with Crippen LogP contribution >= 0.6 is 0 Å². The van der Waals surface area contributed by atoms with E-state index in [-0.39, 0.29) is 5.56 Å². The summed E-state index contributed by atoms with van der Waals surface area (Å²) in [5.41, 5.74) is 5.02. The van der Waals surface area contributed by atoms with Crippen LogP contribution in [0.15, 0.2) is 66.7 Å².